The summed E-state index contributed by atoms with van der Waals surface area (Å²) in [6.45, 7) is 14.4. The molecule has 1 saturated heterocycles. The number of piperidine rings is 1. The zero-order chi connectivity index (χ0) is 21.4. The molecular formula is C25H38N4O. The van der Waals surface area contributed by atoms with Crippen LogP contribution in [0.15, 0.2) is 12.1 Å². The molecule has 3 atom stereocenters. The Kier molecular flexibility index (Phi) is 6.10. The molecule has 5 nitrogen and oxygen atoms in total. The standard InChI is InChI=1S/C25H38N4O/c1-6-12-29-15-18(27-25(30)28(8-3)9-4)13-21-19-11-10-17(7-2)24-23(19)20(14-22(21)29)16(5)26-24/h10-11,18,21-22,26H,6-9,12-15H2,1-5H3,(H,27,30)/t18-,21+,22+/m0/s1. The topological polar surface area (TPSA) is 51.4 Å². The summed E-state index contributed by atoms with van der Waals surface area (Å²) in [6.07, 6.45) is 4.34. The van der Waals surface area contributed by atoms with E-state index in [0.717, 1.165) is 51.9 Å². The van der Waals surface area contributed by atoms with E-state index in [0.29, 0.717) is 12.0 Å². The van der Waals surface area contributed by atoms with Crippen molar-refractivity contribution in [3.05, 3.63) is 34.5 Å². The Morgan fingerprint density at radius 2 is 2.00 bits per heavy atom. The van der Waals surface area contributed by atoms with Gasteiger partial charge in [0.1, 0.15) is 0 Å². The van der Waals surface area contributed by atoms with Crippen molar-refractivity contribution in [2.45, 2.75) is 78.3 Å². The van der Waals surface area contributed by atoms with Crippen molar-refractivity contribution in [2.24, 2.45) is 0 Å². The fourth-order valence-electron chi connectivity index (χ4n) is 5.89. The number of carbonyl (C=O) groups is 1. The van der Waals surface area contributed by atoms with Gasteiger partial charge < -0.3 is 15.2 Å². The number of aromatic amines is 1. The number of hydrogen-bond acceptors (Lipinski definition) is 2. The molecule has 0 radical (unpaired) electrons. The number of benzene rings is 1. The molecule has 0 bridgehead atoms. The van der Waals surface area contributed by atoms with Crippen LogP contribution in [0.5, 0.6) is 0 Å². The van der Waals surface area contributed by atoms with E-state index in [1.54, 1.807) is 0 Å². The quantitative estimate of drug-likeness (QED) is 0.732. The summed E-state index contributed by atoms with van der Waals surface area (Å²) in [6, 6.07) is 5.52. The Balaban J connectivity index is 1.69. The van der Waals surface area contributed by atoms with Crippen LogP contribution in [0.1, 0.15) is 68.8 Å². The molecule has 0 spiro atoms. The van der Waals surface area contributed by atoms with E-state index in [4.69, 9.17) is 0 Å². The second-order valence-electron chi connectivity index (χ2n) is 9.07. The van der Waals surface area contributed by atoms with Gasteiger partial charge in [-0.15, -0.1) is 0 Å². The highest BCUT2D eigenvalue weighted by Crippen LogP contribution is 2.45. The van der Waals surface area contributed by atoms with Gasteiger partial charge in [0.25, 0.3) is 0 Å². The average Bonchev–Trinajstić information content (AvgIpc) is 3.07. The van der Waals surface area contributed by atoms with E-state index in [2.05, 4.69) is 48.1 Å². The molecule has 0 saturated carbocycles. The molecule has 2 aromatic rings. The van der Waals surface area contributed by atoms with Gasteiger partial charge in [-0.05, 0) is 69.7 Å². The summed E-state index contributed by atoms with van der Waals surface area (Å²) in [4.78, 5) is 21.0. The van der Waals surface area contributed by atoms with Crippen molar-refractivity contribution >= 4 is 16.9 Å². The molecule has 0 unspecified atom stereocenters. The number of nitrogens with zero attached hydrogens (tertiary/aromatic N) is 2. The maximum atomic E-state index is 12.8. The molecule has 1 aromatic carbocycles. The Hall–Kier alpha value is -2.01. The highest BCUT2D eigenvalue weighted by atomic mass is 16.2. The summed E-state index contributed by atoms with van der Waals surface area (Å²) >= 11 is 0. The zero-order valence-corrected chi connectivity index (χ0v) is 19.3. The third-order valence-electron chi connectivity index (χ3n) is 7.40. The molecule has 1 aliphatic carbocycles. The minimum absolute atomic E-state index is 0.0837. The maximum absolute atomic E-state index is 12.8. The second kappa shape index (κ2) is 8.62. The first-order chi connectivity index (χ1) is 14.5. The van der Waals surface area contributed by atoms with Crippen LogP contribution in [0, 0.1) is 6.92 Å². The monoisotopic (exact) mass is 410 g/mol. The summed E-state index contributed by atoms with van der Waals surface area (Å²) in [7, 11) is 0. The Morgan fingerprint density at radius 3 is 2.67 bits per heavy atom. The SMILES string of the molecule is CCCN1C[C@@H](NC(=O)N(CC)CC)C[C@@H]2c3ccc(CC)c4[nH]c(C)c(c34)C[C@H]21. The van der Waals surface area contributed by atoms with Crippen molar-refractivity contribution in [3.63, 3.8) is 0 Å². The molecule has 2 amide bonds. The molecular weight excluding hydrogens is 372 g/mol. The van der Waals surface area contributed by atoms with E-state index >= 15 is 0 Å². The minimum atomic E-state index is 0.0837. The number of hydrogen-bond donors (Lipinski definition) is 2. The summed E-state index contributed by atoms with van der Waals surface area (Å²) in [5.41, 5.74) is 7.09. The lowest BCUT2D eigenvalue weighted by Crippen LogP contribution is -2.57. The summed E-state index contributed by atoms with van der Waals surface area (Å²) in [5, 5.41) is 4.84. The predicted octanol–water partition coefficient (Wildman–Crippen LogP) is 4.58. The zero-order valence-electron chi connectivity index (χ0n) is 19.3. The van der Waals surface area contributed by atoms with Gasteiger partial charge in [0.05, 0.1) is 0 Å². The third-order valence-corrected chi connectivity index (χ3v) is 7.40. The number of H-pyrrole nitrogens is 1. The highest BCUT2D eigenvalue weighted by Gasteiger charge is 2.41. The average molecular weight is 411 g/mol. The van der Waals surface area contributed by atoms with Gasteiger partial charge in [-0.3, -0.25) is 4.90 Å². The fourth-order valence-corrected chi connectivity index (χ4v) is 5.89. The number of aryl methyl sites for hydroxylation is 2. The molecule has 1 aliphatic heterocycles. The van der Waals surface area contributed by atoms with Gasteiger partial charge in [-0.1, -0.05) is 26.0 Å². The lowest BCUT2D eigenvalue weighted by atomic mass is 9.73. The van der Waals surface area contributed by atoms with E-state index < -0.39 is 0 Å². The summed E-state index contributed by atoms with van der Waals surface area (Å²) in [5.74, 6) is 0.475. The first-order valence-electron chi connectivity index (χ1n) is 11.9. The molecule has 5 heteroatoms. The molecule has 164 valence electrons. The number of likely N-dealkylation sites (tertiary alicyclic amines) is 1. The molecule has 2 heterocycles. The number of carbonyl (C=O) groups excluding carboxylic acids is 1. The van der Waals surface area contributed by atoms with Gasteiger partial charge in [-0.25, -0.2) is 4.79 Å². The van der Waals surface area contributed by atoms with Crippen LogP contribution < -0.4 is 5.32 Å². The Morgan fingerprint density at radius 1 is 1.23 bits per heavy atom. The lowest BCUT2D eigenvalue weighted by Gasteiger charge is -2.47. The van der Waals surface area contributed by atoms with Crippen molar-refractivity contribution < 1.29 is 4.79 Å². The Labute approximate surface area is 181 Å². The minimum Gasteiger partial charge on any atom is -0.358 e. The molecule has 2 aliphatic rings. The van der Waals surface area contributed by atoms with E-state index in [-0.39, 0.29) is 12.1 Å². The Bertz CT molecular complexity index is 913. The first kappa shape index (κ1) is 21.2. The first-order valence-corrected chi connectivity index (χ1v) is 11.9. The number of nitrogens with one attached hydrogen (secondary N) is 2. The largest absolute Gasteiger partial charge is 0.358 e. The lowest BCUT2D eigenvalue weighted by molar-refractivity contribution is 0.0979. The van der Waals surface area contributed by atoms with E-state index in [1.807, 2.05) is 18.7 Å². The molecule has 4 rings (SSSR count). The second-order valence-corrected chi connectivity index (χ2v) is 9.07. The van der Waals surface area contributed by atoms with Crippen LogP contribution >= 0.6 is 0 Å². The van der Waals surface area contributed by atoms with Crippen LogP contribution in [0.25, 0.3) is 10.9 Å². The molecule has 1 fully saturated rings. The van der Waals surface area contributed by atoms with E-state index in [1.165, 1.54) is 33.3 Å². The number of aromatic nitrogens is 1. The molecule has 30 heavy (non-hydrogen) atoms. The van der Waals surface area contributed by atoms with E-state index in [9.17, 15) is 4.79 Å². The summed E-state index contributed by atoms with van der Waals surface area (Å²) < 4.78 is 0. The normalized spacial score (nSPS) is 23.4. The predicted molar refractivity (Wildman–Crippen MR) is 124 cm³/mol. The van der Waals surface area contributed by atoms with Crippen LogP contribution in [0.4, 0.5) is 4.79 Å². The van der Waals surface area contributed by atoms with Crippen molar-refractivity contribution in [2.75, 3.05) is 26.2 Å². The van der Waals surface area contributed by atoms with Gasteiger partial charge in [0.15, 0.2) is 0 Å². The van der Waals surface area contributed by atoms with Crippen LogP contribution in [0.2, 0.25) is 0 Å². The number of rotatable bonds is 6. The molecule has 2 N–H and O–H groups in total. The van der Waals surface area contributed by atoms with Crippen molar-refractivity contribution in [3.8, 4) is 0 Å². The third kappa shape index (κ3) is 3.51. The van der Waals surface area contributed by atoms with Crippen LogP contribution in [0.3, 0.4) is 0 Å². The highest BCUT2D eigenvalue weighted by molar-refractivity contribution is 5.92. The van der Waals surface area contributed by atoms with Crippen LogP contribution in [-0.4, -0.2) is 59.1 Å². The van der Waals surface area contributed by atoms with Gasteiger partial charge in [0, 0.05) is 54.2 Å². The number of urea groups is 1. The van der Waals surface area contributed by atoms with Crippen molar-refractivity contribution in [1.82, 2.24) is 20.1 Å². The number of amides is 2. The van der Waals surface area contributed by atoms with Gasteiger partial charge >= 0.3 is 6.03 Å². The molecule has 1 aromatic heterocycles. The maximum Gasteiger partial charge on any atom is 0.317 e. The number of fused-ring (bicyclic) bond motifs is 2. The van der Waals surface area contributed by atoms with Gasteiger partial charge in [-0.2, -0.15) is 0 Å². The van der Waals surface area contributed by atoms with Gasteiger partial charge in [0.2, 0.25) is 0 Å². The van der Waals surface area contributed by atoms with Crippen molar-refractivity contribution in [1.29, 1.82) is 0 Å². The smallest absolute Gasteiger partial charge is 0.317 e. The fraction of sp³-hybridized carbons (Fsp3) is 0.640. The van der Waals surface area contributed by atoms with Crippen LogP contribution in [-0.2, 0) is 12.8 Å².